The van der Waals surface area contributed by atoms with E-state index in [4.69, 9.17) is 5.84 Å². The fraction of sp³-hybridized carbons (Fsp3) is 0.600. The van der Waals surface area contributed by atoms with E-state index in [1.54, 1.807) is 6.92 Å². The van der Waals surface area contributed by atoms with Gasteiger partial charge in [-0.15, -0.1) is 0 Å². The van der Waals surface area contributed by atoms with E-state index in [1.165, 1.54) is 0 Å². The SMILES string of the molecule is CC(NS(=O)(=O)c1cc([N+](=O)[O-])c(NN)s1)C(C)(C)C. The van der Waals surface area contributed by atoms with Gasteiger partial charge >= 0.3 is 5.69 Å². The van der Waals surface area contributed by atoms with E-state index in [0.717, 1.165) is 17.4 Å². The van der Waals surface area contributed by atoms with Crippen LogP contribution in [0.25, 0.3) is 0 Å². The molecule has 0 aromatic carbocycles. The van der Waals surface area contributed by atoms with Crippen molar-refractivity contribution >= 4 is 32.0 Å². The molecule has 0 amide bonds. The molecule has 1 heterocycles. The molecule has 1 aromatic heterocycles. The number of nitro groups is 1. The van der Waals surface area contributed by atoms with Crippen LogP contribution in [0.4, 0.5) is 10.7 Å². The van der Waals surface area contributed by atoms with Crippen molar-refractivity contribution < 1.29 is 13.3 Å². The lowest BCUT2D eigenvalue weighted by molar-refractivity contribution is -0.383. The minimum Gasteiger partial charge on any atom is -0.310 e. The van der Waals surface area contributed by atoms with Gasteiger partial charge in [-0.25, -0.2) is 19.0 Å². The molecule has 0 fully saturated rings. The fourth-order valence-corrected chi connectivity index (χ4v) is 3.90. The Morgan fingerprint density at radius 3 is 2.35 bits per heavy atom. The van der Waals surface area contributed by atoms with Crippen molar-refractivity contribution in [3.05, 3.63) is 16.2 Å². The summed E-state index contributed by atoms with van der Waals surface area (Å²) in [6, 6.07) is 0.667. The second-order valence-corrected chi connectivity index (χ2v) is 8.38. The highest BCUT2D eigenvalue weighted by Crippen LogP contribution is 2.36. The third-order valence-electron chi connectivity index (χ3n) is 2.91. The summed E-state index contributed by atoms with van der Waals surface area (Å²) in [7, 11) is -3.82. The maximum Gasteiger partial charge on any atom is 0.306 e. The molecule has 114 valence electrons. The van der Waals surface area contributed by atoms with Crippen LogP contribution < -0.4 is 16.0 Å². The van der Waals surface area contributed by atoms with Gasteiger partial charge in [0.2, 0.25) is 0 Å². The standard InChI is InChI=1S/C10H18N4O4S2/c1-6(10(2,3)4)13-20(17,18)8-5-7(14(15)16)9(12-11)19-8/h5-6,12-13H,11H2,1-4H3. The number of nitrogens with zero attached hydrogens (tertiary/aromatic N) is 1. The Labute approximate surface area is 121 Å². The Morgan fingerprint density at radius 2 is 2.00 bits per heavy atom. The Balaban J connectivity index is 3.14. The molecule has 20 heavy (non-hydrogen) atoms. The normalized spacial score (nSPS) is 14.1. The molecule has 10 heteroatoms. The minimum atomic E-state index is -3.82. The van der Waals surface area contributed by atoms with Gasteiger partial charge in [0.05, 0.1) is 4.92 Å². The van der Waals surface area contributed by atoms with E-state index in [0.29, 0.717) is 0 Å². The quantitative estimate of drug-likeness (QED) is 0.430. The predicted molar refractivity (Wildman–Crippen MR) is 78.0 cm³/mol. The highest BCUT2D eigenvalue weighted by atomic mass is 32.2. The number of nitrogen functional groups attached to an aromatic ring is 1. The summed E-state index contributed by atoms with van der Waals surface area (Å²) in [5.74, 6) is 5.16. The van der Waals surface area contributed by atoms with Gasteiger partial charge in [-0.05, 0) is 12.3 Å². The zero-order chi connectivity index (χ0) is 15.7. The molecule has 1 atom stereocenters. The maximum atomic E-state index is 12.2. The molecule has 1 rings (SSSR count). The summed E-state index contributed by atoms with van der Waals surface area (Å²) < 4.78 is 26.8. The molecule has 0 aliphatic heterocycles. The number of nitrogens with one attached hydrogen (secondary N) is 2. The Bertz CT molecular complexity index is 603. The van der Waals surface area contributed by atoms with Gasteiger partial charge in [0.1, 0.15) is 4.21 Å². The summed E-state index contributed by atoms with van der Waals surface area (Å²) in [5.41, 5.74) is 1.51. The first-order valence-corrected chi connectivity index (χ1v) is 8.06. The average Bonchev–Trinajstić information content (AvgIpc) is 2.71. The largest absolute Gasteiger partial charge is 0.310 e. The second kappa shape index (κ2) is 5.64. The number of nitrogens with two attached hydrogens (primary N) is 1. The van der Waals surface area contributed by atoms with E-state index < -0.39 is 14.9 Å². The van der Waals surface area contributed by atoms with Crippen molar-refractivity contribution in [1.29, 1.82) is 0 Å². The molecule has 0 bridgehead atoms. The summed E-state index contributed by atoms with van der Waals surface area (Å²) >= 11 is 0.719. The molecule has 1 aromatic rings. The Morgan fingerprint density at radius 1 is 1.45 bits per heavy atom. The van der Waals surface area contributed by atoms with E-state index in [9.17, 15) is 18.5 Å². The van der Waals surface area contributed by atoms with Crippen LogP contribution in [0.5, 0.6) is 0 Å². The summed E-state index contributed by atoms with van der Waals surface area (Å²) in [6.45, 7) is 7.42. The van der Waals surface area contributed by atoms with Crippen LogP contribution in [-0.4, -0.2) is 19.4 Å². The van der Waals surface area contributed by atoms with Gasteiger partial charge in [0.25, 0.3) is 10.0 Å². The molecule has 0 saturated heterocycles. The van der Waals surface area contributed by atoms with Crippen LogP contribution >= 0.6 is 11.3 Å². The van der Waals surface area contributed by atoms with Crippen molar-refractivity contribution in [1.82, 2.24) is 4.72 Å². The lowest BCUT2D eigenvalue weighted by Crippen LogP contribution is -2.41. The van der Waals surface area contributed by atoms with E-state index in [1.807, 2.05) is 20.8 Å². The van der Waals surface area contributed by atoms with Crippen LogP contribution in [0.15, 0.2) is 10.3 Å². The molecule has 0 aliphatic rings. The molecule has 0 saturated carbocycles. The van der Waals surface area contributed by atoms with Crippen LogP contribution in [0, 0.1) is 15.5 Å². The first-order valence-electron chi connectivity index (χ1n) is 5.76. The van der Waals surface area contributed by atoms with Gasteiger partial charge in [0, 0.05) is 12.1 Å². The molecule has 1 unspecified atom stereocenters. The van der Waals surface area contributed by atoms with Gasteiger partial charge < -0.3 is 5.43 Å². The van der Waals surface area contributed by atoms with Crippen LogP contribution in [-0.2, 0) is 10.0 Å². The number of hydrogen-bond donors (Lipinski definition) is 3. The van der Waals surface area contributed by atoms with Gasteiger partial charge in [-0.1, -0.05) is 32.1 Å². The van der Waals surface area contributed by atoms with Gasteiger partial charge in [-0.2, -0.15) is 0 Å². The van der Waals surface area contributed by atoms with E-state index in [-0.39, 0.29) is 26.4 Å². The number of sulfonamides is 1. The van der Waals surface area contributed by atoms with Crippen molar-refractivity contribution in [2.45, 2.75) is 37.9 Å². The second-order valence-electron chi connectivity index (χ2n) is 5.39. The van der Waals surface area contributed by atoms with Gasteiger partial charge in [0.15, 0.2) is 5.00 Å². The lowest BCUT2D eigenvalue weighted by atomic mass is 9.89. The molecule has 4 N–H and O–H groups in total. The van der Waals surface area contributed by atoms with Crippen molar-refractivity contribution in [2.75, 3.05) is 5.43 Å². The van der Waals surface area contributed by atoms with Crippen LogP contribution in [0.3, 0.4) is 0 Å². The minimum absolute atomic E-state index is 0.00112. The Kier molecular flexibility index (Phi) is 4.74. The molecular weight excluding hydrogens is 304 g/mol. The average molecular weight is 322 g/mol. The number of hydrogen-bond acceptors (Lipinski definition) is 7. The van der Waals surface area contributed by atoms with Gasteiger partial charge in [-0.3, -0.25) is 10.1 Å². The number of anilines is 1. The van der Waals surface area contributed by atoms with Crippen molar-refractivity contribution in [3.63, 3.8) is 0 Å². The highest BCUT2D eigenvalue weighted by Gasteiger charge is 2.30. The zero-order valence-corrected chi connectivity index (χ0v) is 13.3. The summed E-state index contributed by atoms with van der Waals surface area (Å²) in [5, 5.41) is 10.8. The number of thiophene rings is 1. The first kappa shape index (κ1) is 16.8. The summed E-state index contributed by atoms with van der Waals surface area (Å²) in [6.07, 6.45) is 0. The number of rotatable bonds is 5. The topological polar surface area (TPSA) is 127 Å². The van der Waals surface area contributed by atoms with Crippen LogP contribution in [0.1, 0.15) is 27.7 Å². The Hall–Kier alpha value is -1.23. The van der Waals surface area contributed by atoms with E-state index in [2.05, 4.69) is 10.1 Å². The van der Waals surface area contributed by atoms with Crippen LogP contribution in [0.2, 0.25) is 0 Å². The van der Waals surface area contributed by atoms with Crippen molar-refractivity contribution in [3.8, 4) is 0 Å². The smallest absolute Gasteiger partial charge is 0.306 e. The first-order chi connectivity index (χ1) is 8.99. The zero-order valence-electron chi connectivity index (χ0n) is 11.6. The molecule has 0 radical (unpaired) electrons. The molecule has 0 spiro atoms. The monoisotopic (exact) mass is 322 g/mol. The third kappa shape index (κ3) is 3.66. The van der Waals surface area contributed by atoms with E-state index >= 15 is 0 Å². The fourth-order valence-electron chi connectivity index (χ4n) is 1.20. The molecule has 8 nitrogen and oxygen atoms in total. The maximum absolute atomic E-state index is 12.2. The molecule has 0 aliphatic carbocycles. The summed E-state index contributed by atoms with van der Waals surface area (Å²) in [4.78, 5) is 10.1. The number of hydrazine groups is 1. The highest BCUT2D eigenvalue weighted by molar-refractivity contribution is 7.91. The predicted octanol–water partition coefficient (Wildman–Crippen LogP) is 1.65. The lowest BCUT2D eigenvalue weighted by Gasteiger charge is -2.27. The third-order valence-corrected chi connectivity index (χ3v) is 5.98. The van der Waals surface area contributed by atoms with Crippen molar-refractivity contribution in [2.24, 2.45) is 11.3 Å². The molecular formula is C10H18N4O4S2.